The summed E-state index contributed by atoms with van der Waals surface area (Å²) in [5.41, 5.74) is 2.19. The minimum absolute atomic E-state index is 0.00819. The Morgan fingerprint density at radius 1 is 1.19 bits per heavy atom. The molecule has 0 saturated carbocycles. The SMILES string of the molecule is CC(CCc1ccc(Oc2ccccc2F)cc1)(C(=O)NO)S(C)(=O)=O. The largest absolute Gasteiger partial charge is 0.454 e. The van der Waals surface area contributed by atoms with Gasteiger partial charge in [-0.25, -0.2) is 18.3 Å². The lowest BCUT2D eigenvalue weighted by Gasteiger charge is -2.25. The molecule has 2 rings (SSSR count). The van der Waals surface area contributed by atoms with Gasteiger partial charge in [0, 0.05) is 6.26 Å². The van der Waals surface area contributed by atoms with Crippen LogP contribution >= 0.6 is 0 Å². The second-order valence-corrected chi connectivity index (χ2v) is 8.57. The molecule has 1 unspecified atom stereocenters. The van der Waals surface area contributed by atoms with Crippen molar-refractivity contribution >= 4 is 15.7 Å². The van der Waals surface area contributed by atoms with Crippen LogP contribution in [0.2, 0.25) is 0 Å². The van der Waals surface area contributed by atoms with Gasteiger partial charge in [-0.3, -0.25) is 10.0 Å². The van der Waals surface area contributed by atoms with Crippen LogP contribution in [0.5, 0.6) is 11.5 Å². The number of benzene rings is 2. The van der Waals surface area contributed by atoms with E-state index in [1.165, 1.54) is 24.5 Å². The number of hydrogen-bond acceptors (Lipinski definition) is 5. The minimum Gasteiger partial charge on any atom is -0.454 e. The van der Waals surface area contributed by atoms with Gasteiger partial charge < -0.3 is 4.74 Å². The first-order chi connectivity index (χ1) is 12.2. The first-order valence-electron chi connectivity index (χ1n) is 7.83. The molecule has 0 aromatic heterocycles. The van der Waals surface area contributed by atoms with E-state index in [0.717, 1.165) is 11.8 Å². The van der Waals surface area contributed by atoms with Crippen molar-refractivity contribution in [1.29, 1.82) is 0 Å². The second-order valence-electron chi connectivity index (χ2n) is 6.12. The molecule has 2 aromatic rings. The van der Waals surface area contributed by atoms with Crippen molar-refractivity contribution in [2.75, 3.05) is 6.26 Å². The van der Waals surface area contributed by atoms with Crippen LogP contribution < -0.4 is 10.2 Å². The van der Waals surface area contributed by atoms with Gasteiger partial charge >= 0.3 is 0 Å². The Morgan fingerprint density at radius 2 is 1.81 bits per heavy atom. The molecule has 8 heteroatoms. The second kappa shape index (κ2) is 7.84. The zero-order valence-corrected chi connectivity index (χ0v) is 15.2. The van der Waals surface area contributed by atoms with Gasteiger partial charge in [0.2, 0.25) is 0 Å². The molecule has 0 spiro atoms. The summed E-state index contributed by atoms with van der Waals surface area (Å²) in [6, 6.07) is 12.7. The molecule has 0 fully saturated rings. The van der Waals surface area contributed by atoms with Crippen LogP contribution in [0.1, 0.15) is 18.9 Å². The molecule has 1 amide bonds. The molecule has 0 aliphatic rings. The lowest BCUT2D eigenvalue weighted by Crippen LogP contribution is -2.49. The summed E-state index contributed by atoms with van der Waals surface area (Å²) in [6.45, 7) is 1.27. The Bertz CT molecular complexity index is 883. The summed E-state index contributed by atoms with van der Waals surface area (Å²) in [6.07, 6.45) is 1.23. The summed E-state index contributed by atoms with van der Waals surface area (Å²) in [5.74, 6) is -0.919. The van der Waals surface area contributed by atoms with E-state index in [1.807, 2.05) is 0 Å². The summed E-state index contributed by atoms with van der Waals surface area (Å²) < 4.78 is 41.2. The zero-order valence-electron chi connectivity index (χ0n) is 14.4. The maximum atomic E-state index is 13.6. The van der Waals surface area contributed by atoms with Crippen molar-refractivity contribution in [3.63, 3.8) is 0 Å². The van der Waals surface area contributed by atoms with Gasteiger partial charge in [0.15, 0.2) is 21.4 Å². The van der Waals surface area contributed by atoms with Crippen molar-refractivity contribution in [2.45, 2.75) is 24.5 Å². The smallest absolute Gasteiger partial charge is 0.264 e. The average Bonchev–Trinajstić information content (AvgIpc) is 2.61. The standard InChI is InChI=1S/C18H20FNO5S/c1-18(17(21)20-22,26(2,23)24)12-11-13-7-9-14(10-8-13)25-16-6-4-3-5-15(16)19/h3-10,22H,11-12H2,1-2H3,(H,20,21). The normalized spacial score (nSPS) is 13.7. The maximum absolute atomic E-state index is 13.6. The molecule has 1 atom stereocenters. The van der Waals surface area contributed by atoms with E-state index in [2.05, 4.69) is 0 Å². The third-order valence-electron chi connectivity index (χ3n) is 4.28. The first kappa shape index (κ1) is 19.9. The fourth-order valence-corrected chi connectivity index (χ4v) is 3.20. The summed E-state index contributed by atoms with van der Waals surface area (Å²) in [4.78, 5) is 11.8. The lowest BCUT2D eigenvalue weighted by molar-refractivity contribution is -0.131. The molecule has 0 aliphatic heterocycles. The molecule has 2 aromatic carbocycles. The van der Waals surface area contributed by atoms with Gasteiger partial charge in [0.25, 0.3) is 5.91 Å². The number of nitrogens with one attached hydrogen (secondary N) is 1. The molecule has 2 N–H and O–H groups in total. The number of carbonyl (C=O) groups excluding carboxylic acids is 1. The third-order valence-corrected chi connectivity index (χ3v) is 6.31. The fraction of sp³-hybridized carbons (Fsp3) is 0.278. The predicted octanol–water partition coefficient (Wildman–Crippen LogP) is 2.86. The summed E-state index contributed by atoms with van der Waals surface area (Å²) in [5, 5.41) is 8.82. The number of amides is 1. The van der Waals surface area contributed by atoms with Gasteiger partial charge in [-0.05, 0) is 49.6 Å². The van der Waals surface area contributed by atoms with Crippen molar-refractivity contribution in [3.05, 3.63) is 59.9 Å². The Balaban J connectivity index is 2.09. The number of carbonyl (C=O) groups is 1. The Kier molecular flexibility index (Phi) is 5.99. The van der Waals surface area contributed by atoms with E-state index in [0.29, 0.717) is 5.75 Å². The lowest BCUT2D eigenvalue weighted by atomic mass is 9.99. The molecule has 6 nitrogen and oxygen atoms in total. The average molecular weight is 381 g/mol. The van der Waals surface area contributed by atoms with Gasteiger partial charge in [-0.2, -0.15) is 0 Å². The van der Waals surface area contributed by atoms with Crippen molar-refractivity contribution in [3.8, 4) is 11.5 Å². The van der Waals surface area contributed by atoms with Crippen LogP contribution in [0.25, 0.3) is 0 Å². The van der Waals surface area contributed by atoms with E-state index in [9.17, 15) is 17.6 Å². The van der Waals surface area contributed by atoms with Crippen LogP contribution in [0.4, 0.5) is 4.39 Å². The number of para-hydroxylation sites is 1. The molecule has 0 radical (unpaired) electrons. The van der Waals surface area contributed by atoms with E-state index in [1.54, 1.807) is 36.4 Å². The molecule has 0 saturated heterocycles. The van der Waals surface area contributed by atoms with Crippen LogP contribution in [0.3, 0.4) is 0 Å². The Hall–Kier alpha value is -2.45. The molecule has 0 heterocycles. The maximum Gasteiger partial charge on any atom is 0.264 e. The number of aryl methyl sites for hydroxylation is 1. The molecule has 26 heavy (non-hydrogen) atoms. The quantitative estimate of drug-likeness (QED) is 0.568. The Morgan fingerprint density at radius 3 is 2.35 bits per heavy atom. The molecule has 140 valence electrons. The number of rotatable bonds is 7. The fourth-order valence-electron chi connectivity index (χ4n) is 2.35. The molecular weight excluding hydrogens is 361 g/mol. The van der Waals surface area contributed by atoms with Crippen molar-refractivity contribution in [1.82, 2.24) is 5.48 Å². The zero-order chi connectivity index (χ0) is 19.4. The number of halogens is 1. The van der Waals surface area contributed by atoms with Crippen LogP contribution in [-0.4, -0.2) is 30.5 Å². The number of ether oxygens (including phenoxy) is 1. The van der Waals surface area contributed by atoms with Gasteiger partial charge in [-0.1, -0.05) is 24.3 Å². The van der Waals surface area contributed by atoms with Crippen molar-refractivity contribution in [2.24, 2.45) is 0 Å². The van der Waals surface area contributed by atoms with E-state index >= 15 is 0 Å². The highest BCUT2D eigenvalue weighted by Crippen LogP contribution is 2.26. The van der Waals surface area contributed by atoms with E-state index < -0.39 is 26.3 Å². The molecule has 0 aliphatic carbocycles. The van der Waals surface area contributed by atoms with E-state index in [4.69, 9.17) is 9.94 Å². The Labute approximate surface area is 151 Å². The number of hydroxylamine groups is 1. The van der Waals surface area contributed by atoms with Crippen molar-refractivity contribution < 1.29 is 27.5 Å². The topological polar surface area (TPSA) is 92.7 Å². The molecular formula is C18H20FNO5S. The highest BCUT2D eigenvalue weighted by molar-refractivity contribution is 7.92. The number of hydrogen-bond donors (Lipinski definition) is 2. The first-order valence-corrected chi connectivity index (χ1v) is 9.72. The number of sulfone groups is 1. The highest BCUT2D eigenvalue weighted by Gasteiger charge is 2.43. The van der Waals surface area contributed by atoms with E-state index in [-0.39, 0.29) is 18.6 Å². The van der Waals surface area contributed by atoms with Crippen LogP contribution in [0.15, 0.2) is 48.5 Å². The van der Waals surface area contributed by atoms with Gasteiger partial charge in [0.1, 0.15) is 10.5 Å². The monoisotopic (exact) mass is 381 g/mol. The van der Waals surface area contributed by atoms with Gasteiger partial charge in [0.05, 0.1) is 0 Å². The third kappa shape index (κ3) is 4.39. The minimum atomic E-state index is -3.74. The highest BCUT2D eigenvalue weighted by atomic mass is 32.2. The van der Waals surface area contributed by atoms with Gasteiger partial charge in [-0.15, -0.1) is 0 Å². The summed E-state index contributed by atoms with van der Waals surface area (Å²) >= 11 is 0. The molecule has 0 bridgehead atoms. The van der Waals surface area contributed by atoms with Crippen LogP contribution in [-0.2, 0) is 21.1 Å². The predicted molar refractivity (Wildman–Crippen MR) is 94.4 cm³/mol. The van der Waals surface area contributed by atoms with Crippen LogP contribution in [0, 0.1) is 5.82 Å². The summed E-state index contributed by atoms with van der Waals surface area (Å²) in [7, 11) is -3.74.